The van der Waals surface area contributed by atoms with Gasteiger partial charge >= 0.3 is 5.97 Å². The van der Waals surface area contributed by atoms with Crippen LogP contribution in [0.1, 0.15) is 46.1 Å². The number of thioether (sulfide) groups is 1. The summed E-state index contributed by atoms with van der Waals surface area (Å²) in [5.74, 6) is -0.544. The van der Waals surface area contributed by atoms with Crippen molar-refractivity contribution in [2.75, 3.05) is 23.1 Å². The van der Waals surface area contributed by atoms with E-state index in [-0.39, 0.29) is 17.1 Å². The first-order valence-corrected chi connectivity index (χ1v) is 13.9. The molecule has 0 saturated carbocycles. The quantitative estimate of drug-likeness (QED) is 0.176. The van der Waals surface area contributed by atoms with Gasteiger partial charge in [0.05, 0.1) is 17.9 Å². The summed E-state index contributed by atoms with van der Waals surface area (Å²) in [6.45, 7) is 3.89. The maximum absolute atomic E-state index is 13.1. The van der Waals surface area contributed by atoms with Crippen molar-refractivity contribution in [1.29, 1.82) is 0 Å². The molecular weight excluding hydrogens is 511 g/mol. The maximum atomic E-state index is 13.1. The monoisotopic (exact) mass is 539 g/mol. The summed E-state index contributed by atoms with van der Waals surface area (Å²) in [6.07, 6.45) is 3.92. The van der Waals surface area contributed by atoms with Gasteiger partial charge in [0.1, 0.15) is 5.00 Å². The van der Waals surface area contributed by atoms with E-state index in [0.717, 1.165) is 47.5 Å². The van der Waals surface area contributed by atoms with Gasteiger partial charge in [0, 0.05) is 21.1 Å². The third-order valence-corrected chi connectivity index (χ3v) is 8.39. The highest BCUT2D eigenvalue weighted by Crippen LogP contribution is 2.39. The second-order valence-electron chi connectivity index (χ2n) is 8.63. The normalized spacial score (nSPS) is 13.3. The molecule has 1 heterocycles. The molecule has 0 radical (unpaired) electrons. The lowest BCUT2D eigenvalue weighted by Gasteiger charge is -2.14. The third kappa shape index (κ3) is 6.46. The number of esters is 1. The molecule has 1 atom stereocenters. The third-order valence-electron chi connectivity index (χ3n) is 5.88. The van der Waals surface area contributed by atoms with E-state index in [1.165, 1.54) is 40.6 Å². The largest absolute Gasteiger partial charge is 0.465 e. The Hall–Kier alpha value is -2.88. The standard InChI is InChI=1S/C27H29N3O3S3/c1-16-11-13-18(14-12-16)28-27(34)29-19-7-6-8-20(15-19)35-17(2)24(31)30-25-23(26(32)33-3)21-9-4-5-10-22(21)36-25/h6-8,11-15,17H,4-5,9-10H2,1-3H3,(H,30,31)(H2,28,29,34). The molecule has 0 fully saturated rings. The van der Waals surface area contributed by atoms with Gasteiger partial charge in [-0.1, -0.05) is 23.8 Å². The number of fused-ring (bicyclic) bond motifs is 1. The van der Waals surface area contributed by atoms with Crippen molar-refractivity contribution in [3.8, 4) is 0 Å². The maximum Gasteiger partial charge on any atom is 0.341 e. The van der Waals surface area contributed by atoms with Crippen molar-refractivity contribution in [2.45, 2.75) is 49.7 Å². The summed E-state index contributed by atoms with van der Waals surface area (Å²) in [6, 6.07) is 15.8. The van der Waals surface area contributed by atoms with Gasteiger partial charge in [-0.05, 0) is 87.6 Å². The number of carbonyl (C=O) groups is 2. The van der Waals surface area contributed by atoms with Crippen molar-refractivity contribution in [3.05, 3.63) is 70.1 Å². The van der Waals surface area contributed by atoms with Crippen LogP contribution in [0.15, 0.2) is 53.4 Å². The van der Waals surface area contributed by atoms with Crippen LogP contribution in [0.3, 0.4) is 0 Å². The van der Waals surface area contributed by atoms with Crippen LogP contribution in [0.25, 0.3) is 0 Å². The van der Waals surface area contributed by atoms with Gasteiger partial charge < -0.3 is 20.7 Å². The molecule has 1 aliphatic carbocycles. The summed E-state index contributed by atoms with van der Waals surface area (Å²) in [7, 11) is 1.38. The zero-order valence-electron chi connectivity index (χ0n) is 20.5. The molecule has 36 heavy (non-hydrogen) atoms. The fourth-order valence-corrected chi connectivity index (χ4v) is 6.46. The van der Waals surface area contributed by atoms with Gasteiger partial charge in [-0.15, -0.1) is 23.1 Å². The molecule has 1 amide bonds. The first kappa shape index (κ1) is 26.2. The Kier molecular flexibility index (Phi) is 8.66. The van der Waals surface area contributed by atoms with Gasteiger partial charge in [-0.2, -0.15) is 0 Å². The Morgan fingerprint density at radius 2 is 1.75 bits per heavy atom. The number of nitrogens with one attached hydrogen (secondary N) is 3. The molecule has 3 N–H and O–H groups in total. The van der Waals surface area contributed by atoms with E-state index in [1.807, 2.05) is 62.4 Å². The lowest BCUT2D eigenvalue weighted by atomic mass is 9.95. The highest BCUT2D eigenvalue weighted by atomic mass is 32.2. The van der Waals surface area contributed by atoms with Gasteiger partial charge in [-0.25, -0.2) is 4.79 Å². The SMILES string of the molecule is COC(=O)c1c(NC(=O)C(C)Sc2cccc(NC(=S)Nc3ccc(C)cc3)c2)sc2c1CCCC2. The van der Waals surface area contributed by atoms with Crippen LogP contribution in [-0.4, -0.2) is 29.3 Å². The molecule has 0 spiro atoms. The average Bonchev–Trinajstić information content (AvgIpc) is 3.23. The van der Waals surface area contributed by atoms with E-state index in [4.69, 9.17) is 17.0 Å². The number of aryl methyl sites for hydroxylation is 2. The summed E-state index contributed by atoms with van der Waals surface area (Å²) < 4.78 is 5.02. The van der Waals surface area contributed by atoms with Crippen LogP contribution in [0.5, 0.6) is 0 Å². The first-order valence-electron chi connectivity index (χ1n) is 11.8. The molecule has 1 aromatic heterocycles. The van der Waals surface area contributed by atoms with Gasteiger partial charge in [0.15, 0.2) is 5.11 Å². The lowest BCUT2D eigenvalue weighted by Crippen LogP contribution is -2.23. The molecule has 0 saturated heterocycles. The minimum atomic E-state index is -0.390. The zero-order chi connectivity index (χ0) is 25.7. The van der Waals surface area contributed by atoms with Crippen LogP contribution < -0.4 is 16.0 Å². The van der Waals surface area contributed by atoms with Gasteiger partial charge in [-0.3, -0.25) is 4.79 Å². The Morgan fingerprint density at radius 3 is 2.50 bits per heavy atom. The van der Waals surface area contributed by atoms with Crippen molar-refractivity contribution in [1.82, 2.24) is 0 Å². The second kappa shape index (κ2) is 11.9. The number of ether oxygens (including phenoxy) is 1. The van der Waals surface area contributed by atoms with Crippen LogP contribution in [0, 0.1) is 6.92 Å². The molecule has 0 aliphatic heterocycles. The zero-order valence-corrected chi connectivity index (χ0v) is 22.9. The molecule has 1 unspecified atom stereocenters. The highest BCUT2D eigenvalue weighted by Gasteiger charge is 2.28. The molecule has 2 aromatic carbocycles. The number of anilines is 3. The number of thiocarbonyl (C=S) groups is 1. The molecule has 3 aromatic rings. The number of methoxy groups -OCH3 is 1. The topological polar surface area (TPSA) is 79.5 Å². The molecule has 1 aliphatic rings. The van der Waals surface area contributed by atoms with E-state index in [0.29, 0.717) is 15.7 Å². The molecule has 6 nitrogen and oxygen atoms in total. The van der Waals surface area contributed by atoms with Gasteiger partial charge in [0.2, 0.25) is 5.91 Å². The highest BCUT2D eigenvalue weighted by molar-refractivity contribution is 8.00. The predicted molar refractivity (Wildman–Crippen MR) is 154 cm³/mol. The van der Waals surface area contributed by atoms with Crippen molar-refractivity contribution in [3.63, 3.8) is 0 Å². The lowest BCUT2D eigenvalue weighted by molar-refractivity contribution is -0.115. The molecule has 0 bridgehead atoms. The van der Waals surface area contributed by atoms with E-state index >= 15 is 0 Å². The smallest absolute Gasteiger partial charge is 0.341 e. The van der Waals surface area contributed by atoms with Crippen LogP contribution in [-0.2, 0) is 22.4 Å². The van der Waals surface area contributed by atoms with Gasteiger partial charge in [0.25, 0.3) is 0 Å². The Morgan fingerprint density at radius 1 is 1.03 bits per heavy atom. The number of amides is 1. The summed E-state index contributed by atoms with van der Waals surface area (Å²) in [4.78, 5) is 27.6. The van der Waals surface area contributed by atoms with Crippen LogP contribution in [0.2, 0.25) is 0 Å². The summed E-state index contributed by atoms with van der Waals surface area (Å²) in [5, 5.41) is 10.1. The van der Waals surface area contributed by atoms with E-state index in [2.05, 4.69) is 16.0 Å². The van der Waals surface area contributed by atoms with E-state index < -0.39 is 0 Å². The Balaban J connectivity index is 1.39. The molecule has 188 valence electrons. The summed E-state index contributed by atoms with van der Waals surface area (Å²) >= 11 is 8.39. The number of hydrogen-bond donors (Lipinski definition) is 3. The Labute approximate surface area is 225 Å². The predicted octanol–water partition coefficient (Wildman–Crippen LogP) is 6.65. The van der Waals surface area contributed by atoms with Crippen molar-refractivity contribution >= 4 is 68.7 Å². The average molecular weight is 540 g/mol. The van der Waals surface area contributed by atoms with Crippen LogP contribution in [0.4, 0.5) is 16.4 Å². The fraction of sp³-hybridized carbons (Fsp3) is 0.296. The number of hydrogen-bond acceptors (Lipinski definition) is 6. The second-order valence-corrected chi connectivity index (χ2v) is 11.6. The minimum absolute atomic E-state index is 0.154. The van der Waals surface area contributed by atoms with E-state index in [1.54, 1.807) is 0 Å². The number of carbonyl (C=O) groups excluding carboxylic acids is 2. The first-order chi connectivity index (χ1) is 17.3. The van der Waals surface area contributed by atoms with Crippen LogP contribution >= 0.6 is 35.3 Å². The summed E-state index contributed by atoms with van der Waals surface area (Å²) in [5.41, 5.74) is 4.47. The molecule has 9 heteroatoms. The minimum Gasteiger partial charge on any atom is -0.465 e. The fourth-order valence-electron chi connectivity index (χ4n) is 4.02. The number of benzene rings is 2. The van der Waals surface area contributed by atoms with Crippen molar-refractivity contribution in [2.24, 2.45) is 0 Å². The van der Waals surface area contributed by atoms with Crippen molar-refractivity contribution < 1.29 is 14.3 Å². The number of rotatable bonds is 7. The molecule has 4 rings (SSSR count). The van der Waals surface area contributed by atoms with E-state index in [9.17, 15) is 9.59 Å². The number of thiophene rings is 1. The molecular formula is C27H29N3O3S3. The Bertz CT molecular complexity index is 1270.